The summed E-state index contributed by atoms with van der Waals surface area (Å²) in [6.07, 6.45) is -2.57. The van der Waals surface area contributed by atoms with Crippen LogP contribution in [0.25, 0.3) is 11.4 Å². The fourth-order valence-corrected chi connectivity index (χ4v) is 5.69. The fourth-order valence-electron chi connectivity index (χ4n) is 4.64. The van der Waals surface area contributed by atoms with Gasteiger partial charge in [0.15, 0.2) is 5.69 Å². The molecule has 0 aliphatic carbocycles. The smallest absolute Gasteiger partial charge is 0.383 e. The van der Waals surface area contributed by atoms with Crippen LogP contribution >= 0.6 is 0 Å². The van der Waals surface area contributed by atoms with E-state index in [0.29, 0.717) is 6.54 Å². The Morgan fingerprint density at radius 3 is 2.51 bits per heavy atom. The summed E-state index contributed by atoms with van der Waals surface area (Å²) in [5.41, 5.74) is 4.31. The molecule has 1 aliphatic heterocycles. The highest BCUT2D eigenvalue weighted by atomic mass is 32.2. The summed E-state index contributed by atoms with van der Waals surface area (Å²) < 4.78 is 68.5. The summed E-state index contributed by atoms with van der Waals surface area (Å²) in [6, 6.07) is 6.15. The molecular formula is C23H26F3N7O3S. The number of carbonyl (C=O) groups is 1. The van der Waals surface area contributed by atoms with Crippen LogP contribution in [0.1, 0.15) is 43.2 Å². The molecule has 4 heterocycles. The van der Waals surface area contributed by atoms with Gasteiger partial charge in [-0.15, -0.1) is 0 Å². The van der Waals surface area contributed by atoms with Crippen molar-refractivity contribution >= 4 is 27.6 Å². The van der Waals surface area contributed by atoms with Gasteiger partial charge in [-0.2, -0.15) is 18.3 Å². The van der Waals surface area contributed by atoms with Gasteiger partial charge in [0.2, 0.25) is 0 Å². The molecule has 0 spiro atoms. The number of nitrogens with zero attached hydrogens (tertiary/aromatic N) is 5. The maximum Gasteiger partial charge on any atom is 0.435 e. The Hall–Kier alpha value is -3.68. The second-order valence-corrected chi connectivity index (χ2v) is 11.3. The average molecular weight is 538 g/mol. The van der Waals surface area contributed by atoms with E-state index in [9.17, 15) is 26.4 Å². The normalized spacial score (nSPS) is 17.7. The number of amides is 1. The third-order valence-corrected chi connectivity index (χ3v) is 7.58. The number of anilines is 2. The van der Waals surface area contributed by atoms with Crippen LogP contribution in [0.15, 0.2) is 41.4 Å². The predicted octanol–water partition coefficient (Wildman–Crippen LogP) is 3.22. The van der Waals surface area contributed by atoms with Gasteiger partial charge in [-0.1, -0.05) is 6.92 Å². The molecule has 0 unspecified atom stereocenters. The lowest BCUT2D eigenvalue weighted by molar-refractivity contribution is -0.141. The van der Waals surface area contributed by atoms with Gasteiger partial charge in [-0.3, -0.25) is 9.48 Å². The fraction of sp³-hybridized carbons (Fsp3) is 0.391. The lowest BCUT2D eigenvalue weighted by Crippen LogP contribution is -2.41. The summed E-state index contributed by atoms with van der Waals surface area (Å²) in [5, 5.41) is 3.54. The Morgan fingerprint density at radius 2 is 1.95 bits per heavy atom. The van der Waals surface area contributed by atoms with Crippen molar-refractivity contribution in [1.82, 2.24) is 24.5 Å². The van der Waals surface area contributed by atoms with Crippen LogP contribution in [0.5, 0.6) is 0 Å². The maximum atomic E-state index is 13.3. The van der Waals surface area contributed by atoms with E-state index in [-0.39, 0.29) is 39.4 Å². The first-order valence-corrected chi connectivity index (χ1v) is 12.8. The number of pyridine rings is 2. The van der Waals surface area contributed by atoms with Crippen LogP contribution < -0.4 is 15.4 Å². The Bertz CT molecular complexity index is 1470. The van der Waals surface area contributed by atoms with Crippen molar-refractivity contribution in [3.63, 3.8) is 0 Å². The van der Waals surface area contributed by atoms with Crippen molar-refractivity contribution in [1.29, 1.82) is 0 Å². The first-order valence-electron chi connectivity index (χ1n) is 11.3. The average Bonchev–Trinajstić information content (AvgIpc) is 3.31. The Morgan fingerprint density at radius 1 is 1.24 bits per heavy atom. The number of carbonyl (C=O) groups excluding carboxylic acids is 1. The molecule has 37 heavy (non-hydrogen) atoms. The topological polar surface area (TPSA) is 136 Å². The molecule has 3 N–H and O–H groups in total. The van der Waals surface area contributed by atoms with Crippen molar-refractivity contribution in [2.45, 2.75) is 43.8 Å². The number of aromatic nitrogens is 4. The molecule has 0 saturated carbocycles. The minimum Gasteiger partial charge on any atom is -0.383 e. The lowest BCUT2D eigenvalue weighted by atomic mass is 9.97. The third-order valence-electron chi connectivity index (χ3n) is 6.20. The summed E-state index contributed by atoms with van der Waals surface area (Å²) >= 11 is 0. The molecule has 198 valence electrons. The number of aryl methyl sites for hydroxylation is 1. The SMILES string of the molecule is C[C@@H]1CN(c2nc(-c3cc(C(F)(F)F)nn3C)ccc2C(=O)NS(=O)(=O)c2cccnc2N)C(C)(C)C1. The first-order chi connectivity index (χ1) is 17.1. The van der Waals surface area contributed by atoms with Gasteiger partial charge in [0.05, 0.1) is 17.0 Å². The van der Waals surface area contributed by atoms with Gasteiger partial charge in [0, 0.05) is 25.3 Å². The van der Waals surface area contributed by atoms with Crippen molar-refractivity contribution in [2.24, 2.45) is 13.0 Å². The molecule has 0 radical (unpaired) electrons. The minimum absolute atomic E-state index is 0.0600. The van der Waals surface area contributed by atoms with Gasteiger partial charge in [0.25, 0.3) is 15.9 Å². The zero-order chi connectivity index (χ0) is 27.3. The van der Waals surface area contributed by atoms with Gasteiger partial charge >= 0.3 is 6.18 Å². The van der Waals surface area contributed by atoms with Crippen LogP contribution in [-0.4, -0.2) is 46.2 Å². The highest BCUT2D eigenvalue weighted by Crippen LogP contribution is 2.39. The zero-order valence-electron chi connectivity index (χ0n) is 20.5. The molecule has 1 saturated heterocycles. The van der Waals surface area contributed by atoms with Crippen LogP contribution in [0.3, 0.4) is 0 Å². The van der Waals surface area contributed by atoms with Crippen LogP contribution in [0.4, 0.5) is 24.8 Å². The number of nitrogen functional groups attached to an aromatic ring is 1. The molecule has 3 aromatic rings. The Balaban J connectivity index is 1.81. The molecule has 1 amide bonds. The van der Waals surface area contributed by atoms with Crippen LogP contribution in [-0.2, 0) is 23.2 Å². The highest BCUT2D eigenvalue weighted by Gasteiger charge is 2.40. The van der Waals surface area contributed by atoms with Crippen LogP contribution in [0.2, 0.25) is 0 Å². The largest absolute Gasteiger partial charge is 0.435 e. The van der Waals surface area contributed by atoms with Crippen LogP contribution in [0, 0.1) is 5.92 Å². The van der Waals surface area contributed by atoms with Crippen molar-refractivity contribution in [3.05, 3.63) is 47.8 Å². The number of hydrogen-bond acceptors (Lipinski definition) is 8. The zero-order valence-corrected chi connectivity index (χ0v) is 21.4. The second kappa shape index (κ2) is 9.01. The number of alkyl halides is 3. The molecule has 1 fully saturated rings. The lowest BCUT2D eigenvalue weighted by Gasteiger charge is -2.34. The molecular weight excluding hydrogens is 511 g/mol. The van der Waals surface area contributed by atoms with E-state index in [1.54, 1.807) is 0 Å². The predicted molar refractivity (Wildman–Crippen MR) is 130 cm³/mol. The summed E-state index contributed by atoms with van der Waals surface area (Å²) in [5.74, 6) is -0.867. The van der Waals surface area contributed by atoms with Gasteiger partial charge < -0.3 is 10.6 Å². The molecule has 1 aliphatic rings. The number of nitrogens with one attached hydrogen (secondary N) is 1. The van der Waals surface area contributed by atoms with E-state index in [1.165, 1.54) is 37.5 Å². The quantitative estimate of drug-likeness (QED) is 0.506. The molecule has 1 atom stereocenters. The molecule has 14 heteroatoms. The van der Waals surface area contributed by atoms with E-state index in [1.807, 2.05) is 30.4 Å². The summed E-state index contributed by atoms with van der Waals surface area (Å²) in [7, 11) is -3.01. The van der Waals surface area contributed by atoms with Crippen molar-refractivity contribution in [2.75, 3.05) is 17.2 Å². The Kier molecular flexibility index (Phi) is 6.42. The highest BCUT2D eigenvalue weighted by molar-refractivity contribution is 7.90. The van der Waals surface area contributed by atoms with E-state index in [2.05, 4.69) is 15.1 Å². The third kappa shape index (κ3) is 5.10. The van der Waals surface area contributed by atoms with E-state index in [4.69, 9.17) is 5.73 Å². The van der Waals surface area contributed by atoms with Crippen molar-refractivity contribution < 1.29 is 26.4 Å². The first kappa shape index (κ1) is 26.4. The van der Waals surface area contributed by atoms with E-state index < -0.39 is 33.3 Å². The van der Waals surface area contributed by atoms with E-state index >= 15 is 0 Å². The van der Waals surface area contributed by atoms with E-state index in [0.717, 1.165) is 17.2 Å². The standard InChI is InChI=1S/C23H26F3N7O3S/c1-13-11-22(2,3)33(12-13)20-14(21(34)31-37(35,36)17-6-5-9-28-19(17)27)7-8-15(29-20)16-10-18(23(24,25)26)30-32(16)4/h5-10,13H,11-12H2,1-4H3,(H2,27,28)(H,31,34)/t13-/m0/s1. The minimum atomic E-state index is -4.65. The number of sulfonamides is 1. The number of halogens is 3. The summed E-state index contributed by atoms with van der Waals surface area (Å²) in [4.78, 5) is 23.1. The molecule has 4 rings (SSSR count). The molecule has 0 aromatic carbocycles. The number of nitrogens with two attached hydrogens (primary N) is 1. The maximum absolute atomic E-state index is 13.3. The monoisotopic (exact) mass is 537 g/mol. The number of rotatable bonds is 5. The molecule has 3 aromatic heterocycles. The molecule has 10 nitrogen and oxygen atoms in total. The van der Waals surface area contributed by atoms with Gasteiger partial charge in [-0.25, -0.2) is 23.1 Å². The Labute approximate surface area is 211 Å². The summed E-state index contributed by atoms with van der Waals surface area (Å²) in [6.45, 7) is 6.43. The van der Waals surface area contributed by atoms with Gasteiger partial charge in [0.1, 0.15) is 16.5 Å². The number of hydrogen-bond donors (Lipinski definition) is 2. The van der Waals surface area contributed by atoms with Crippen molar-refractivity contribution in [3.8, 4) is 11.4 Å². The molecule has 0 bridgehead atoms. The van der Waals surface area contributed by atoms with Gasteiger partial charge in [-0.05, 0) is 56.5 Å². The second-order valence-electron chi connectivity index (χ2n) is 9.66.